The molecule has 0 radical (unpaired) electrons. The summed E-state index contributed by atoms with van der Waals surface area (Å²) in [6, 6.07) is 0.423. The lowest BCUT2D eigenvalue weighted by molar-refractivity contribution is 0.500. The Morgan fingerprint density at radius 1 is 1.53 bits per heavy atom. The summed E-state index contributed by atoms with van der Waals surface area (Å²) in [6.45, 7) is 5.90. The van der Waals surface area contributed by atoms with Crippen molar-refractivity contribution in [2.24, 2.45) is 0 Å². The fourth-order valence-corrected chi connectivity index (χ4v) is 2.67. The lowest BCUT2D eigenvalue weighted by Gasteiger charge is -2.19. The van der Waals surface area contributed by atoms with Gasteiger partial charge in [-0.05, 0) is 49.2 Å². The number of hydrogen-bond acceptors (Lipinski definition) is 4. The molecule has 1 atom stereocenters. The first-order valence-corrected chi connectivity index (χ1v) is 7.63. The molecule has 2 heterocycles. The van der Waals surface area contributed by atoms with Gasteiger partial charge in [0, 0.05) is 12.6 Å². The van der Waals surface area contributed by atoms with Crippen molar-refractivity contribution >= 4 is 21.6 Å². The Hall–Kier alpha value is -0.880. The standard InChI is InChI=1S/C13H21BrN4O/c1-9(2)18-13(19)12(14)11(8-16-18)17-10-5-3-4-6-15-7-10/h8-10,15,17H,3-7H2,1-2H3. The number of hydrogen-bond donors (Lipinski definition) is 2. The molecule has 1 fully saturated rings. The van der Waals surface area contributed by atoms with Crippen LogP contribution in [-0.2, 0) is 0 Å². The second-order valence-corrected chi connectivity index (χ2v) is 6.05. The van der Waals surface area contributed by atoms with Crippen LogP contribution in [0.15, 0.2) is 15.5 Å². The maximum absolute atomic E-state index is 12.1. The quantitative estimate of drug-likeness (QED) is 0.892. The molecule has 1 saturated heterocycles. The molecule has 2 rings (SSSR count). The van der Waals surface area contributed by atoms with Gasteiger partial charge in [-0.2, -0.15) is 5.10 Å². The van der Waals surface area contributed by atoms with E-state index in [1.165, 1.54) is 17.5 Å². The Labute approximate surface area is 121 Å². The molecule has 5 nitrogen and oxygen atoms in total. The average molecular weight is 329 g/mol. The van der Waals surface area contributed by atoms with Gasteiger partial charge in [0.25, 0.3) is 5.56 Å². The third-order valence-corrected chi connectivity index (χ3v) is 4.11. The van der Waals surface area contributed by atoms with Gasteiger partial charge in [0.2, 0.25) is 0 Å². The van der Waals surface area contributed by atoms with E-state index < -0.39 is 0 Å². The molecule has 0 amide bonds. The Bertz CT molecular complexity index is 478. The highest BCUT2D eigenvalue weighted by Gasteiger charge is 2.16. The average Bonchev–Trinajstić information content (AvgIpc) is 2.63. The van der Waals surface area contributed by atoms with E-state index in [4.69, 9.17) is 0 Å². The van der Waals surface area contributed by atoms with Crippen molar-refractivity contribution in [2.75, 3.05) is 18.4 Å². The Morgan fingerprint density at radius 2 is 2.32 bits per heavy atom. The summed E-state index contributed by atoms with van der Waals surface area (Å²) in [5.74, 6) is 0. The maximum Gasteiger partial charge on any atom is 0.283 e. The summed E-state index contributed by atoms with van der Waals surface area (Å²) >= 11 is 3.39. The van der Waals surface area contributed by atoms with E-state index in [0.717, 1.165) is 25.2 Å². The van der Waals surface area contributed by atoms with Gasteiger partial charge in [0.05, 0.1) is 17.9 Å². The molecule has 1 aromatic rings. The van der Waals surface area contributed by atoms with Crippen LogP contribution < -0.4 is 16.2 Å². The van der Waals surface area contributed by atoms with E-state index in [1.807, 2.05) is 13.8 Å². The van der Waals surface area contributed by atoms with Crippen molar-refractivity contribution in [3.63, 3.8) is 0 Å². The molecule has 19 heavy (non-hydrogen) atoms. The fraction of sp³-hybridized carbons (Fsp3) is 0.692. The van der Waals surface area contributed by atoms with Crippen LogP contribution in [0.1, 0.15) is 39.2 Å². The molecule has 0 saturated carbocycles. The maximum atomic E-state index is 12.1. The molecule has 0 aromatic carbocycles. The number of rotatable bonds is 3. The molecule has 1 unspecified atom stereocenters. The predicted octanol–water partition coefficient (Wildman–Crippen LogP) is 2.14. The number of aromatic nitrogens is 2. The van der Waals surface area contributed by atoms with Gasteiger partial charge in [-0.15, -0.1) is 0 Å². The van der Waals surface area contributed by atoms with Crippen LogP contribution in [0.3, 0.4) is 0 Å². The molecular formula is C13H21BrN4O. The van der Waals surface area contributed by atoms with E-state index in [9.17, 15) is 4.79 Å². The third-order valence-electron chi connectivity index (χ3n) is 3.34. The minimum Gasteiger partial charge on any atom is -0.379 e. The van der Waals surface area contributed by atoms with Crippen LogP contribution in [0.25, 0.3) is 0 Å². The second kappa shape index (κ2) is 6.52. The van der Waals surface area contributed by atoms with Crippen LogP contribution >= 0.6 is 15.9 Å². The molecule has 0 aliphatic carbocycles. The highest BCUT2D eigenvalue weighted by Crippen LogP contribution is 2.19. The highest BCUT2D eigenvalue weighted by molar-refractivity contribution is 9.10. The Balaban J connectivity index is 2.16. The van der Waals surface area contributed by atoms with Crippen molar-refractivity contribution in [2.45, 2.75) is 45.2 Å². The normalized spacial score (nSPS) is 20.3. The van der Waals surface area contributed by atoms with Gasteiger partial charge in [-0.1, -0.05) is 6.42 Å². The zero-order valence-corrected chi connectivity index (χ0v) is 13.0. The first kappa shape index (κ1) is 14.5. The smallest absolute Gasteiger partial charge is 0.283 e. The Morgan fingerprint density at radius 3 is 3.05 bits per heavy atom. The largest absolute Gasteiger partial charge is 0.379 e. The molecule has 0 bridgehead atoms. The van der Waals surface area contributed by atoms with E-state index >= 15 is 0 Å². The molecule has 106 valence electrons. The number of halogens is 1. The molecule has 0 spiro atoms. The SMILES string of the molecule is CC(C)n1ncc(NC2CCCCNC2)c(Br)c1=O. The lowest BCUT2D eigenvalue weighted by Crippen LogP contribution is -2.33. The molecule has 1 aliphatic rings. The van der Waals surface area contributed by atoms with Crippen LogP contribution in [0.2, 0.25) is 0 Å². The first-order chi connectivity index (χ1) is 9.09. The predicted molar refractivity (Wildman–Crippen MR) is 80.7 cm³/mol. The third kappa shape index (κ3) is 3.57. The van der Waals surface area contributed by atoms with Crippen LogP contribution in [0, 0.1) is 0 Å². The zero-order chi connectivity index (χ0) is 13.8. The van der Waals surface area contributed by atoms with Gasteiger partial charge in [-0.25, -0.2) is 4.68 Å². The van der Waals surface area contributed by atoms with Crippen molar-refractivity contribution in [3.8, 4) is 0 Å². The lowest BCUT2D eigenvalue weighted by atomic mass is 10.1. The molecule has 1 aromatic heterocycles. The Kier molecular flexibility index (Phi) is 4.99. The molecule has 1 aliphatic heterocycles. The molecule has 6 heteroatoms. The van der Waals surface area contributed by atoms with Crippen molar-refractivity contribution in [1.29, 1.82) is 0 Å². The van der Waals surface area contributed by atoms with Gasteiger partial charge >= 0.3 is 0 Å². The van der Waals surface area contributed by atoms with Crippen molar-refractivity contribution in [1.82, 2.24) is 15.1 Å². The van der Waals surface area contributed by atoms with Crippen LogP contribution in [0.5, 0.6) is 0 Å². The summed E-state index contributed by atoms with van der Waals surface area (Å²) < 4.78 is 2.06. The van der Waals surface area contributed by atoms with Crippen LogP contribution in [0.4, 0.5) is 5.69 Å². The highest BCUT2D eigenvalue weighted by atomic mass is 79.9. The number of nitrogens with zero attached hydrogens (tertiary/aromatic N) is 2. The van der Waals surface area contributed by atoms with Crippen LogP contribution in [-0.4, -0.2) is 28.9 Å². The summed E-state index contributed by atoms with van der Waals surface area (Å²) in [5.41, 5.74) is 0.706. The molecule has 2 N–H and O–H groups in total. The van der Waals surface area contributed by atoms with E-state index in [1.54, 1.807) is 6.20 Å². The summed E-state index contributed by atoms with van der Waals surface area (Å²) in [4.78, 5) is 12.1. The van der Waals surface area contributed by atoms with Crippen molar-refractivity contribution < 1.29 is 0 Å². The van der Waals surface area contributed by atoms with Gasteiger partial charge in [0.15, 0.2) is 0 Å². The number of nitrogens with one attached hydrogen (secondary N) is 2. The van der Waals surface area contributed by atoms with E-state index in [-0.39, 0.29) is 11.6 Å². The summed E-state index contributed by atoms with van der Waals surface area (Å²) in [5, 5.41) is 11.0. The van der Waals surface area contributed by atoms with Gasteiger partial charge in [-0.3, -0.25) is 4.79 Å². The van der Waals surface area contributed by atoms with Gasteiger partial charge < -0.3 is 10.6 Å². The summed E-state index contributed by atoms with van der Waals surface area (Å²) in [7, 11) is 0. The van der Waals surface area contributed by atoms with Crippen molar-refractivity contribution in [3.05, 3.63) is 21.0 Å². The summed E-state index contributed by atoms with van der Waals surface area (Å²) in [6.07, 6.45) is 5.27. The van der Waals surface area contributed by atoms with E-state index in [2.05, 4.69) is 31.7 Å². The van der Waals surface area contributed by atoms with E-state index in [0.29, 0.717) is 10.5 Å². The zero-order valence-electron chi connectivity index (χ0n) is 11.4. The topological polar surface area (TPSA) is 59.0 Å². The number of anilines is 1. The molecular weight excluding hydrogens is 308 g/mol. The monoisotopic (exact) mass is 328 g/mol. The first-order valence-electron chi connectivity index (χ1n) is 6.84. The second-order valence-electron chi connectivity index (χ2n) is 5.26. The minimum absolute atomic E-state index is 0.0670. The van der Waals surface area contributed by atoms with Gasteiger partial charge in [0.1, 0.15) is 4.47 Å². The fourth-order valence-electron chi connectivity index (χ4n) is 2.28. The minimum atomic E-state index is -0.0819.